The summed E-state index contributed by atoms with van der Waals surface area (Å²) in [6, 6.07) is 15.5. The number of piperidine rings is 1. The number of para-hydroxylation sites is 1. The minimum Gasteiger partial charge on any atom is -0.491 e. The van der Waals surface area contributed by atoms with Gasteiger partial charge in [-0.05, 0) is 74.7 Å². The molecule has 0 amide bonds. The van der Waals surface area contributed by atoms with Crippen LogP contribution in [0.3, 0.4) is 0 Å². The summed E-state index contributed by atoms with van der Waals surface area (Å²) in [5, 5.41) is 11.7. The molecule has 3 aromatic rings. The van der Waals surface area contributed by atoms with Crippen molar-refractivity contribution in [3.05, 3.63) is 65.9 Å². The lowest BCUT2D eigenvalue weighted by Crippen LogP contribution is -2.40. The van der Waals surface area contributed by atoms with Gasteiger partial charge in [0.1, 0.15) is 18.5 Å². The first kappa shape index (κ1) is 19.7. The van der Waals surface area contributed by atoms with Gasteiger partial charge in [0.15, 0.2) is 5.78 Å². The summed E-state index contributed by atoms with van der Waals surface area (Å²) in [4.78, 5) is 17.0. The number of β-amino-alcohol motifs (C(OH)–C–C–N with tert-alkyl or cyclic N) is 1. The number of nitrogens with one attached hydrogen (secondary N) is 1. The van der Waals surface area contributed by atoms with Gasteiger partial charge >= 0.3 is 0 Å². The number of hydrogen-bond donors (Lipinski definition) is 2. The second-order valence-corrected chi connectivity index (χ2v) is 7.91. The molecule has 5 heteroatoms. The fraction of sp³-hybridized carbons (Fsp3) is 0.375. The number of carbonyl (C=O) groups is 1. The molecule has 1 fully saturated rings. The van der Waals surface area contributed by atoms with Crippen molar-refractivity contribution in [3.63, 3.8) is 0 Å². The fourth-order valence-electron chi connectivity index (χ4n) is 4.19. The van der Waals surface area contributed by atoms with Gasteiger partial charge in [-0.2, -0.15) is 0 Å². The molecule has 0 unspecified atom stereocenters. The lowest BCUT2D eigenvalue weighted by Gasteiger charge is -2.33. The number of benzene rings is 2. The van der Waals surface area contributed by atoms with Gasteiger partial charge in [-0.25, -0.2) is 0 Å². The smallest absolute Gasteiger partial charge is 0.159 e. The zero-order valence-corrected chi connectivity index (χ0v) is 16.8. The number of aliphatic hydroxyl groups is 1. The minimum atomic E-state index is -0.535. The number of Topliss-reactive ketones (excluding diaryl/α,β-unsaturated/α-hetero) is 1. The second kappa shape index (κ2) is 8.80. The summed E-state index contributed by atoms with van der Waals surface area (Å²) in [5.41, 5.74) is 3.28. The van der Waals surface area contributed by atoms with Crippen LogP contribution in [-0.4, -0.2) is 53.1 Å². The molecular formula is C24H28N2O3. The number of aliphatic hydroxyl groups excluding tert-OH is 1. The predicted molar refractivity (Wildman–Crippen MR) is 115 cm³/mol. The summed E-state index contributed by atoms with van der Waals surface area (Å²) >= 11 is 0. The quantitative estimate of drug-likeness (QED) is 0.597. The zero-order valence-electron chi connectivity index (χ0n) is 16.8. The van der Waals surface area contributed by atoms with Crippen LogP contribution in [0.4, 0.5) is 0 Å². The van der Waals surface area contributed by atoms with Crippen molar-refractivity contribution in [1.29, 1.82) is 0 Å². The van der Waals surface area contributed by atoms with Crippen molar-refractivity contribution in [1.82, 2.24) is 9.88 Å². The van der Waals surface area contributed by atoms with Crippen molar-refractivity contribution < 1.29 is 14.6 Å². The molecule has 5 nitrogen and oxygen atoms in total. The van der Waals surface area contributed by atoms with Gasteiger partial charge in [0, 0.05) is 29.2 Å². The Labute approximate surface area is 171 Å². The van der Waals surface area contributed by atoms with E-state index in [0.717, 1.165) is 25.9 Å². The van der Waals surface area contributed by atoms with Crippen LogP contribution < -0.4 is 4.74 Å². The molecule has 1 saturated heterocycles. The Kier molecular flexibility index (Phi) is 5.97. The normalized spacial score (nSPS) is 16.8. The maximum absolute atomic E-state index is 11.3. The van der Waals surface area contributed by atoms with Crippen LogP contribution >= 0.6 is 0 Å². The molecular weight excluding hydrogens is 364 g/mol. The van der Waals surface area contributed by atoms with E-state index in [4.69, 9.17) is 4.74 Å². The Balaban J connectivity index is 1.24. The highest BCUT2D eigenvalue weighted by atomic mass is 16.5. The molecule has 2 heterocycles. The van der Waals surface area contributed by atoms with E-state index in [9.17, 15) is 9.90 Å². The van der Waals surface area contributed by atoms with Gasteiger partial charge < -0.3 is 19.7 Å². The third kappa shape index (κ3) is 4.69. The monoisotopic (exact) mass is 392 g/mol. The second-order valence-electron chi connectivity index (χ2n) is 7.91. The third-order valence-electron chi connectivity index (χ3n) is 5.82. The SMILES string of the molecule is CC(=O)c1ccc(OC[C@H](O)CN2CCC(c3c[nH]c4ccccc34)CC2)cc1. The standard InChI is InChI=1S/C24H28N2O3/c1-17(27)18-6-8-21(9-7-18)29-16-20(28)15-26-12-10-19(11-13-26)23-14-25-24-5-3-2-4-22(23)24/h2-9,14,19-20,25,28H,10-13,15-16H2,1H3/t20-/m1/s1. The number of ketones is 1. The van der Waals surface area contributed by atoms with Gasteiger partial charge in [0.2, 0.25) is 0 Å². The lowest BCUT2D eigenvalue weighted by atomic mass is 9.89. The van der Waals surface area contributed by atoms with Crippen LogP contribution in [0, 0.1) is 0 Å². The number of likely N-dealkylation sites (tertiary alicyclic amines) is 1. The first-order valence-corrected chi connectivity index (χ1v) is 10.3. The number of aromatic nitrogens is 1. The molecule has 1 aliphatic rings. The number of H-pyrrole nitrogens is 1. The summed E-state index contributed by atoms with van der Waals surface area (Å²) < 4.78 is 5.68. The van der Waals surface area contributed by atoms with Gasteiger partial charge in [-0.1, -0.05) is 18.2 Å². The Morgan fingerprint density at radius 3 is 2.62 bits per heavy atom. The first-order chi connectivity index (χ1) is 14.1. The third-order valence-corrected chi connectivity index (χ3v) is 5.82. The maximum Gasteiger partial charge on any atom is 0.159 e. The molecule has 4 rings (SSSR count). The summed E-state index contributed by atoms with van der Waals surface area (Å²) in [6.45, 7) is 4.37. The van der Waals surface area contributed by atoms with E-state index in [1.165, 1.54) is 16.5 Å². The van der Waals surface area contributed by atoms with E-state index < -0.39 is 6.10 Å². The minimum absolute atomic E-state index is 0.0348. The molecule has 1 atom stereocenters. The van der Waals surface area contributed by atoms with Crippen LogP contribution in [0.15, 0.2) is 54.7 Å². The molecule has 0 spiro atoms. The van der Waals surface area contributed by atoms with Gasteiger partial charge in [0.05, 0.1) is 0 Å². The Hall–Kier alpha value is -2.63. The molecule has 0 bridgehead atoms. The van der Waals surface area contributed by atoms with Crippen molar-refractivity contribution in [2.24, 2.45) is 0 Å². The average Bonchev–Trinajstić information content (AvgIpc) is 3.17. The van der Waals surface area contributed by atoms with Crippen molar-refractivity contribution in [2.45, 2.75) is 31.8 Å². The summed E-state index contributed by atoms with van der Waals surface area (Å²) in [5.74, 6) is 1.27. The van der Waals surface area contributed by atoms with Crippen LogP contribution in [0.1, 0.15) is 41.6 Å². The number of aromatic amines is 1. The van der Waals surface area contributed by atoms with E-state index in [2.05, 4.69) is 40.3 Å². The Bertz CT molecular complexity index is 956. The fourth-order valence-corrected chi connectivity index (χ4v) is 4.19. The van der Waals surface area contributed by atoms with Crippen molar-refractivity contribution >= 4 is 16.7 Å². The highest BCUT2D eigenvalue weighted by Crippen LogP contribution is 2.33. The average molecular weight is 392 g/mol. The molecule has 1 aromatic heterocycles. The van der Waals surface area contributed by atoms with E-state index in [-0.39, 0.29) is 12.4 Å². The molecule has 29 heavy (non-hydrogen) atoms. The molecule has 0 saturated carbocycles. The molecule has 0 radical (unpaired) electrons. The number of nitrogens with zero attached hydrogens (tertiary/aromatic N) is 1. The van der Waals surface area contributed by atoms with Crippen molar-refractivity contribution in [2.75, 3.05) is 26.2 Å². The van der Waals surface area contributed by atoms with E-state index in [0.29, 0.717) is 23.8 Å². The van der Waals surface area contributed by atoms with Gasteiger partial charge in [-0.15, -0.1) is 0 Å². The van der Waals surface area contributed by atoms with Crippen LogP contribution in [0.5, 0.6) is 5.75 Å². The van der Waals surface area contributed by atoms with Crippen LogP contribution in [-0.2, 0) is 0 Å². The first-order valence-electron chi connectivity index (χ1n) is 10.3. The number of carbonyl (C=O) groups excluding carboxylic acids is 1. The molecule has 152 valence electrons. The summed E-state index contributed by atoms with van der Waals surface area (Å²) in [7, 11) is 0. The van der Waals surface area contributed by atoms with E-state index in [1.54, 1.807) is 31.2 Å². The highest BCUT2D eigenvalue weighted by molar-refractivity contribution is 5.94. The predicted octanol–water partition coefficient (Wildman–Crippen LogP) is 3.99. The highest BCUT2D eigenvalue weighted by Gasteiger charge is 2.24. The lowest BCUT2D eigenvalue weighted by molar-refractivity contribution is 0.0595. The largest absolute Gasteiger partial charge is 0.491 e. The van der Waals surface area contributed by atoms with Gasteiger partial charge in [0.25, 0.3) is 0 Å². The summed E-state index contributed by atoms with van der Waals surface area (Å²) in [6.07, 6.45) is 3.82. The van der Waals surface area contributed by atoms with E-state index in [1.807, 2.05) is 0 Å². The molecule has 1 aliphatic heterocycles. The van der Waals surface area contributed by atoms with E-state index >= 15 is 0 Å². The van der Waals surface area contributed by atoms with Crippen LogP contribution in [0.2, 0.25) is 0 Å². The number of ether oxygens (including phenoxy) is 1. The molecule has 2 N–H and O–H groups in total. The zero-order chi connectivity index (χ0) is 20.2. The van der Waals surface area contributed by atoms with Crippen molar-refractivity contribution in [3.8, 4) is 5.75 Å². The Morgan fingerprint density at radius 1 is 1.17 bits per heavy atom. The number of fused-ring (bicyclic) bond motifs is 1. The topological polar surface area (TPSA) is 65.6 Å². The Morgan fingerprint density at radius 2 is 1.90 bits per heavy atom. The van der Waals surface area contributed by atoms with Crippen LogP contribution in [0.25, 0.3) is 10.9 Å². The van der Waals surface area contributed by atoms with Gasteiger partial charge in [-0.3, -0.25) is 4.79 Å². The maximum atomic E-state index is 11.3. The molecule has 2 aromatic carbocycles. The number of hydrogen-bond acceptors (Lipinski definition) is 4. The molecule has 0 aliphatic carbocycles. The number of rotatable bonds is 7.